The summed E-state index contributed by atoms with van der Waals surface area (Å²) >= 11 is 3.46. The summed E-state index contributed by atoms with van der Waals surface area (Å²) in [6, 6.07) is 9.69. The summed E-state index contributed by atoms with van der Waals surface area (Å²) in [4.78, 5) is 43.2. The lowest BCUT2D eigenvalue weighted by atomic mass is 10.1. The van der Waals surface area contributed by atoms with E-state index in [-0.39, 0.29) is 24.2 Å². The van der Waals surface area contributed by atoms with E-state index in [4.69, 9.17) is 4.74 Å². The minimum absolute atomic E-state index is 0.00203. The summed E-state index contributed by atoms with van der Waals surface area (Å²) in [5, 5.41) is 0. The molecule has 3 fully saturated rings. The first-order valence-corrected chi connectivity index (χ1v) is 12.6. The summed E-state index contributed by atoms with van der Waals surface area (Å²) in [6.45, 7) is 8.09. The number of benzene rings is 1. The van der Waals surface area contributed by atoms with E-state index in [2.05, 4.69) is 35.7 Å². The van der Waals surface area contributed by atoms with Gasteiger partial charge in [-0.15, -0.1) is 0 Å². The van der Waals surface area contributed by atoms with E-state index in [1.165, 1.54) is 0 Å². The van der Waals surface area contributed by atoms with Gasteiger partial charge in [-0.2, -0.15) is 0 Å². The van der Waals surface area contributed by atoms with Crippen molar-refractivity contribution >= 4 is 45.1 Å². The number of carbonyl (C=O) groups excluding carboxylic acids is 2. The lowest BCUT2D eigenvalue weighted by Crippen LogP contribution is -2.51. The van der Waals surface area contributed by atoms with E-state index in [1.54, 1.807) is 4.90 Å². The Morgan fingerprint density at radius 1 is 1.00 bits per heavy atom. The third-order valence-corrected chi connectivity index (χ3v) is 7.15. The third-order valence-electron chi connectivity index (χ3n) is 6.66. The van der Waals surface area contributed by atoms with Crippen LogP contribution in [-0.4, -0.2) is 85.7 Å². The number of hydrogen-bond donors (Lipinski definition) is 0. The van der Waals surface area contributed by atoms with E-state index in [0.717, 1.165) is 40.7 Å². The Kier molecular flexibility index (Phi) is 6.69. The maximum absolute atomic E-state index is 13.2. The molecule has 0 saturated carbocycles. The van der Waals surface area contributed by atoms with Crippen molar-refractivity contribution in [2.24, 2.45) is 5.92 Å². The van der Waals surface area contributed by atoms with Crippen LogP contribution in [0.15, 0.2) is 34.8 Å². The largest absolute Gasteiger partial charge is 0.378 e. The molecule has 0 aliphatic carbocycles. The monoisotopic (exact) mass is 528 g/mol. The molecule has 0 radical (unpaired) electrons. The number of anilines is 3. The summed E-state index contributed by atoms with van der Waals surface area (Å²) in [5.41, 5.74) is 0.828. The van der Waals surface area contributed by atoms with Crippen LogP contribution in [-0.2, 0) is 14.3 Å². The van der Waals surface area contributed by atoms with Crippen molar-refractivity contribution in [3.63, 3.8) is 0 Å². The minimum atomic E-state index is -0.299. The van der Waals surface area contributed by atoms with Gasteiger partial charge in [0.05, 0.1) is 19.1 Å². The first-order valence-electron chi connectivity index (χ1n) is 11.8. The highest BCUT2D eigenvalue weighted by molar-refractivity contribution is 9.10. The van der Waals surface area contributed by atoms with Crippen LogP contribution in [0.25, 0.3) is 0 Å². The van der Waals surface area contributed by atoms with E-state index in [0.29, 0.717) is 45.9 Å². The second-order valence-corrected chi connectivity index (χ2v) is 9.84. The molecule has 3 aliphatic rings. The second-order valence-electron chi connectivity index (χ2n) is 8.93. The molecular weight excluding hydrogens is 500 g/mol. The molecule has 34 heavy (non-hydrogen) atoms. The normalized spacial score (nSPS) is 21.4. The van der Waals surface area contributed by atoms with Crippen molar-refractivity contribution in [3.8, 4) is 0 Å². The number of carbonyl (C=O) groups is 2. The SMILES string of the molecule is Cc1nc(N2CCOCC2)cc(N2CCN(C(=O)C3CC(=O)N(c4cccc(Br)c4)C3)CC2)n1. The maximum Gasteiger partial charge on any atom is 0.228 e. The van der Waals surface area contributed by atoms with Gasteiger partial charge in [-0.3, -0.25) is 9.59 Å². The highest BCUT2D eigenvalue weighted by Crippen LogP contribution is 2.29. The van der Waals surface area contributed by atoms with E-state index < -0.39 is 0 Å². The van der Waals surface area contributed by atoms with Gasteiger partial charge in [-0.1, -0.05) is 22.0 Å². The molecule has 0 spiro atoms. The number of aryl methyl sites for hydroxylation is 1. The lowest BCUT2D eigenvalue weighted by Gasteiger charge is -2.37. The van der Waals surface area contributed by atoms with Gasteiger partial charge in [0.25, 0.3) is 0 Å². The number of piperazine rings is 1. The lowest BCUT2D eigenvalue weighted by molar-refractivity contribution is -0.136. The molecule has 1 aromatic heterocycles. The van der Waals surface area contributed by atoms with Crippen molar-refractivity contribution < 1.29 is 14.3 Å². The molecule has 3 aliphatic heterocycles. The van der Waals surface area contributed by atoms with Crippen LogP contribution in [0.2, 0.25) is 0 Å². The number of halogens is 1. The average Bonchev–Trinajstić information content (AvgIpc) is 3.25. The smallest absolute Gasteiger partial charge is 0.228 e. The zero-order valence-corrected chi connectivity index (χ0v) is 20.9. The second kappa shape index (κ2) is 9.87. The Hall–Kier alpha value is -2.72. The molecule has 2 aromatic rings. The summed E-state index contributed by atoms with van der Waals surface area (Å²) in [5.74, 6) is 2.35. The number of hydrogen-bond acceptors (Lipinski definition) is 7. The fraction of sp³-hybridized carbons (Fsp3) is 0.500. The first kappa shape index (κ1) is 23.0. The van der Waals surface area contributed by atoms with Crippen LogP contribution in [0.4, 0.5) is 17.3 Å². The van der Waals surface area contributed by atoms with Crippen LogP contribution in [0.1, 0.15) is 12.2 Å². The molecule has 1 unspecified atom stereocenters. The zero-order chi connectivity index (χ0) is 23.7. The highest BCUT2D eigenvalue weighted by Gasteiger charge is 2.38. The van der Waals surface area contributed by atoms with E-state index in [1.807, 2.05) is 42.2 Å². The number of nitrogens with zero attached hydrogens (tertiary/aromatic N) is 6. The van der Waals surface area contributed by atoms with Crippen LogP contribution >= 0.6 is 15.9 Å². The molecule has 1 atom stereocenters. The third kappa shape index (κ3) is 4.88. The van der Waals surface area contributed by atoms with Crippen LogP contribution in [0, 0.1) is 12.8 Å². The van der Waals surface area contributed by atoms with Crippen LogP contribution in [0.3, 0.4) is 0 Å². The van der Waals surface area contributed by atoms with Crippen molar-refractivity contribution in [2.45, 2.75) is 13.3 Å². The quantitative estimate of drug-likeness (QED) is 0.600. The number of ether oxygens (including phenoxy) is 1. The Bertz CT molecular complexity index is 1070. The predicted molar refractivity (Wildman–Crippen MR) is 133 cm³/mol. The average molecular weight is 529 g/mol. The summed E-state index contributed by atoms with van der Waals surface area (Å²) in [6.07, 6.45) is 0.263. The maximum atomic E-state index is 13.2. The first-order chi connectivity index (χ1) is 16.5. The molecular formula is C24H29BrN6O3. The molecule has 3 saturated heterocycles. The Morgan fingerprint density at radius 2 is 1.68 bits per heavy atom. The molecule has 5 rings (SSSR count). The molecule has 0 bridgehead atoms. The topological polar surface area (TPSA) is 82.1 Å². The Balaban J connectivity index is 1.20. The van der Waals surface area contributed by atoms with Crippen LogP contribution < -0.4 is 14.7 Å². The molecule has 10 heteroatoms. The van der Waals surface area contributed by atoms with E-state index in [9.17, 15) is 9.59 Å². The standard InChI is InChI=1S/C24H29BrN6O3/c1-17-26-21(15-22(27-17)29-9-11-34-12-10-29)28-5-7-30(8-6-28)24(33)18-13-23(32)31(16-18)20-4-2-3-19(25)14-20/h2-4,14-15,18H,5-13,16H2,1H3. The molecule has 4 heterocycles. The molecule has 0 N–H and O–H groups in total. The van der Waals surface area contributed by atoms with Crippen molar-refractivity contribution in [1.29, 1.82) is 0 Å². The van der Waals surface area contributed by atoms with Gasteiger partial charge in [0.1, 0.15) is 17.5 Å². The van der Waals surface area contributed by atoms with Gasteiger partial charge in [0.2, 0.25) is 11.8 Å². The zero-order valence-electron chi connectivity index (χ0n) is 19.3. The number of rotatable bonds is 4. The van der Waals surface area contributed by atoms with Gasteiger partial charge >= 0.3 is 0 Å². The Morgan fingerprint density at radius 3 is 2.35 bits per heavy atom. The molecule has 180 valence electrons. The van der Waals surface area contributed by atoms with Crippen molar-refractivity contribution in [3.05, 3.63) is 40.6 Å². The van der Waals surface area contributed by atoms with Gasteiger partial charge < -0.3 is 24.3 Å². The van der Waals surface area contributed by atoms with Gasteiger partial charge in [-0.25, -0.2) is 9.97 Å². The van der Waals surface area contributed by atoms with E-state index >= 15 is 0 Å². The van der Waals surface area contributed by atoms with Crippen molar-refractivity contribution in [1.82, 2.24) is 14.9 Å². The summed E-state index contributed by atoms with van der Waals surface area (Å²) in [7, 11) is 0. The molecule has 1 aromatic carbocycles. The molecule has 2 amide bonds. The van der Waals surface area contributed by atoms with Crippen molar-refractivity contribution in [2.75, 3.05) is 73.7 Å². The number of morpholine rings is 1. The fourth-order valence-corrected chi connectivity index (χ4v) is 5.22. The minimum Gasteiger partial charge on any atom is -0.378 e. The predicted octanol–water partition coefficient (Wildman–Crippen LogP) is 2.09. The fourth-order valence-electron chi connectivity index (χ4n) is 4.83. The summed E-state index contributed by atoms with van der Waals surface area (Å²) < 4.78 is 6.38. The number of amides is 2. The van der Waals surface area contributed by atoms with Gasteiger partial charge in [0.15, 0.2) is 0 Å². The Labute approximate surface area is 207 Å². The number of aromatic nitrogens is 2. The van der Waals surface area contributed by atoms with Gasteiger partial charge in [-0.05, 0) is 25.1 Å². The highest BCUT2D eigenvalue weighted by atomic mass is 79.9. The van der Waals surface area contributed by atoms with Gasteiger partial charge in [0, 0.05) is 68.5 Å². The van der Waals surface area contributed by atoms with Crippen LogP contribution in [0.5, 0.6) is 0 Å². The molecule has 9 nitrogen and oxygen atoms in total.